The summed E-state index contributed by atoms with van der Waals surface area (Å²) in [5.41, 5.74) is 2.58. The number of rotatable bonds is 9. The van der Waals surface area contributed by atoms with Crippen LogP contribution in [-0.4, -0.2) is 72.5 Å². The van der Waals surface area contributed by atoms with Crippen molar-refractivity contribution >= 4 is 25.8 Å². The molecule has 12 heteroatoms. The van der Waals surface area contributed by atoms with Crippen LogP contribution in [-0.2, 0) is 39.4 Å². The Morgan fingerprint density at radius 1 is 0.981 bits per heavy atom. The van der Waals surface area contributed by atoms with Crippen LogP contribution in [0.4, 0.5) is 5.69 Å². The van der Waals surface area contributed by atoms with Crippen LogP contribution in [0.15, 0.2) is 89.9 Å². The Labute approximate surface area is 304 Å². The Morgan fingerprint density at radius 3 is 2.46 bits per heavy atom. The zero-order chi connectivity index (χ0) is 36.9. The number of nitrogens with zero attached hydrogens (tertiary/aromatic N) is 3. The highest BCUT2D eigenvalue weighted by molar-refractivity contribution is 6.71. The number of hydrogen-bond donors (Lipinski definition) is 2. The molecule has 3 aromatic carbocycles. The second kappa shape index (κ2) is 13.7. The summed E-state index contributed by atoms with van der Waals surface area (Å²) < 4.78 is 19.3. The fourth-order valence-electron chi connectivity index (χ4n) is 8.69. The van der Waals surface area contributed by atoms with Crippen molar-refractivity contribution < 1.29 is 33.7 Å². The molecule has 0 aliphatic carbocycles. The van der Waals surface area contributed by atoms with Crippen LogP contribution < -0.4 is 19.9 Å². The Bertz CT molecular complexity index is 2080. The van der Waals surface area contributed by atoms with E-state index in [0.29, 0.717) is 35.7 Å². The van der Waals surface area contributed by atoms with Gasteiger partial charge in [0.05, 0.1) is 51.6 Å². The first kappa shape index (κ1) is 35.6. The van der Waals surface area contributed by atoms with Crippen LogP contribution in [0.5, 0.6) is 11.5 Å². The van der Waals surface area contributed by atoms with E-state index in [1.807, 2.05) is 80.7 Å². The first-order chi connectivity index (χ1) is 24.9. The zero-order valence-electron chi connectivity index (χ0n) is 30.1. The van der Waals surface area contributed by atoms with Crippen molar-refractivity contribution in [2.75, 3.05) is 25.7 Å². The number of benzene rings is 3. The van der Waals surface area contributed by atoms with E-state index < -0.39 is 31.5 Å². The van der Waals surface area contributed by atoms with E-state index in [0.717, 1.165) is 16.7 Å². The van der Waals surface area contributed by atoms with Crippen LogP contribution in [0.2, 0.25) is 18.6 Å². The average Bonchev–Trinajstić information content (AvgIpc) is 3.56. The smallest absolute Gasteiger partial charge is 0.297 e. The van der Waals surface area contributed by atoms with Gasteiger partial charge in [-0.1, -0.05) is 43.3 Å². The lowest BCUT2D eigenvalue weighted by Crippen LogP contribution is -2.48. The van der Waals surface area contributed by atoms with Crippen LogP contribution >= 0.6 is 0 Å². The lowest BCUT2D eigenvalue weighted by Gasteiger charge is -2.37. The number of amides is 2. The quantitative estimate of drug-likeness (QED) is 0.241. The fraction of sp³-hybridized carbons (Fsp3) is 0.375. The molecule has 4 aromatic rings. The Hall–Kier alpha value is -4.75. The normalized spacial score (nSPS) is 23.9. The van der Waals surface area contributed by atoms with Crippen molar-refractivity contribution in [3.05, 3.63) is 118 Å². The summed E-state index contributed by atoms with van der Waals surface area (Å²) in [5.74, 6) is -0.195. The molecule has 1 spiro atoms. The number of hydrogen-bond acceptors (Lipinski definition) is 8. The number of carbonyl (C=O) groups excluding carboxylic acids is 2. The summed E-state index contributed by atoms with van der Waals surface area (Å²) in [4.78, 5) is 57.4. The predicted molar refractivity (Wildman–Crippen MR) is 198 cm³/mol. The Balaban J connectivity index is 1.24. The number of pyridine rings is 1. The molecule has 5 atom stereocenters. The summed E-state index contributed by atoms with van der Waals surface area (Å²) in [5, 5.41) is 10.3. The lowest BCUT2D eigenvalue weighted by molar-refractivity contribution is -0.151. The molecule has 3 aliphatic heterocycles. The SMILES string of the molecule is COc1ccc2c(c1)[C@@]1(O[C@H](CC(=O)N3Cc4ccccc4C[C@H]3CO)[C@@H]([Si](C)(C)O)[C@@H]1C)C(=O)N2Cc1cccc(-n2cccc(OC)c2=O)c1. The van der Waals surface area contributed by atoms with E-state index in [9.17, 15) is 19.5 Å². The third-order valence-corrected chi connectivity index (χ3v) is 13.6. The molecule has 3 aliphatic rings. The third kappa shape index (κ3) is 5.93. The number of aliphatic hydroxyl groups is 1. The minimum absolute atomic E-state index is 0.0453. The maximum absolute atomic E-state index is 15.0. The van der Waals surface area contributed by atoms with Crippen molar-refractivity contribution in [1.82, 2.24) is 9.47 Å². The maximum Gasteiger partial charge on any atom is 0.297 e. The number of ether oxygens (including phenoxy) is 3. The highest BCUT2D eigenvalue weighted by Gasteiger charge is 2.66. The van der Waals surface area contributed by atoms with Crippen LogP contribution in [0.25, 0.3) is 5.69 Å². The molecule has 1 aromatic heterocycles. The van der Waals surface area contributed by atoms with Crippen LogP contribution in [0, 0.1) is 5.92 Å². The number of methoxy groups -OCH3 is 2. The largest absolute Gasteiger partial charge is 0.497 e. The van der Waals surface area contributed by atoms with Gasteiger partial charge in [0.15, 0.2) is 19.7 Å². The molecule has 2 amide bonds. The second-order valence-corrected chi connectivity index (χ2v) is 18.6. The highest BCUT2D eigenvalue weighted by atomic mass is 28.4. The van der Waals surface area contributed by atoms with E-state index in [2.05, 4.69) is 0 Å². The standard InChI is InChI=1S/C40H45N3O8Si/c1-25-37(52(4,5)48)35(21-36(45)42-23-28-12-7-6-11-27(28)19-30(42)24-44)51-40(25)32-20-31(49-2)15-16-33(32)43(39(40)47)22-26-10-8-13-29(18-26)41-17-9-14-34(50-3)38(41)46/h6-18,20,25,30,35,37,44,48H,19,21-24H2,1-5H3/t25-,30-,35+,37-,40+/m0/s1. The van der Waals surface area contributed by atoms with Gasteiger partial charge in [0.25, 0.3) is 11.5 Å². The second-order valence-electron chi connectivity index (χ2n) is 14.6. The van der Waals surface area contributed by atoms with Gasteiger partial charge >= 0.3 is 0 Å². The first-order valence-corrected chi connectivity index (χ1v) is 20.7. The van der Waals surface area contributed by atoms with Crippen molar-refractivity contribution in [3.8, 4) is 17.2 Å². The van der Waals surface area contributed by atoms with Gasteiger partial charge in [0.1, 0.15) is 5.75 Å². The minimum atomic E-state index is -3.06. The molecule has 1 fully saturated rings. The molecule has 0 unspecified atom stereocenters. The van der Waals surface area contributed by atoms with Gasteiger partial charge in [-0.2, -0.15) is 0 Å². The van der Waals surface area contributed by atoms with E-state index in [1.165, 1.54) is 11.7 Å². The Kier molecular flexibility index (Phi) is 9.36. The molecule has 4 heterocycles. The minimum Gasteiger partial charge on any atom is -0.497 e. The number of carbonyl (C=O) groups is 2. The van der Waals surface area contributed by atoms with Crippen molar-refractivity contribution in [2.24, 2.45) is 5.92 Å². The Morgan fingerprint density at radius 2 is 1.75 bits per heavy atom. The molecule has 2 N–H and O–H groups in total. The first-order valence-electron chi connectivity index (χ1n) is 17.6. The predicted octanol–water partition coefficient (Wildman–Crippen LogP) is 4.54. The monoisotopic (exact) mass is 723 g/mol. The van der Waals surface area contributed by atoms with Gasteiger partial charge < -0.3 is 33.9 Å². The zero-order valence-corrected chi connectivity index (χ0v) is 31.1. The van der Waals surface area contributed by atoms with Gasteiger partial charge in [-0.05, 0) is 78.7 Å². The molecule has 0 radical (unpaired) electrons. The number of aromatic nitrogens is 1. The van der Waals surface area contributed by atoms with Gasteiger partial charge in [-0.3, -0.25) is 19.0 Å². The van der Waals surface area contributed by atoms with Crippen LogP contribution in [0.3, 0.4) is 0 Å². The van der Waals surface area contributed by atoms with Crippen LogP contribution in [0.1, 0.15) is 35.6 Å². The van der Waals surface area contributed by atoms with E-state index in [1.54, 1.807) is 41.3 Å². The van der Waals surface area contributed by atoms with E-state index >= 15 is 4.79 Å². The number of fused-ring (bicyclic) bond motifs is 3. The summed E-state index contributed by atoms with van der Waals surface area (Å²) in [6, 6.07) is 23.8. The topological polar surface area (TPSA) is 131 Å². The summed E-state index contributed by atoms with van der Waals surface area (Å²) >= 11 is 0. The lowest BCUT2D eigenvalue weighted by atomic mass is 9.82. The van der Waals surface area contributed by atoms with Gasteiger partial charge in [0, 0.05) is 35.5 Å². The molecule has 1 saturated heterocycles. The molecular weight excluding hydrogens is 679 g/mol. The summed E-state index contributed by atoms with van der Waals surface area (Å²) in [6.07, 6.45) is 1.42. The summed E-state index contributed by atoms with van der Waals surface area (Å²) in [6.45, 7) is 5.97. The molecule has 11 nitrogen and oxygen atoms in total. The fourth-order valence-corrected chi connectivity index (χ4v) is 11.2. The molecule has 272 valence electrons. The van der Waals surface area contributed by atoms with Crippen molar-refractivity contribution in [2.45, 2.75) is 69.2 Å². The van der Waals surface area contributed by atoms with E-state index in [-0.39, 0.29) is 48.7 Å². The average molecular weight is 724 g/mol. The molecular formula is C40H45N3O8Si. The van der Waals surface area contributed by atoms with Crippen molar-refractivity contribution in [3.63, 3.8) is 0 Å². The maximum atomic E-state index is 15.0. The van der Waals surface area contributed by atoms with Gasteiger partial charge in [0.2, 0.25) is 5.91 Å². The number of aliphatic hydroxyl groups excluding tert-OH is 1. The molecule has 0 bridgehead atoms. The summed E-state index contributed by atoms with van der Waals surface area (Å²) in [7, 11) is -0.0410. The van der Waals surface area contributed by atoms with E-state index in [4.69, 9.17) is 14.2 Å². The molecule has 0 saturated carbocycles. The molecule has 7 rings (SSSR count). The molecule has 52 heavy (non-hydrogen) atoms. The third-order valence-electron chi connectivity index (χ3n) is 11.1. The highest BCUT2D eigenvalue weighted by Crippen LogP contribution is 2.60. The number of anilines is 1. The van der Waals surface area contributed by atoms with Gasteiger partial charge in [-0.15, -0.1) is 0 Å². The van der Waals surface area contributed by atoms with Gasteiger partial charge in [-0.25, -0.2) is 0 Å². The van der Waals surface area contributed by atoms with Crippen molar-refractivity contribution in [1.29, 1.82) is 0 Å².